The molecule has 0 aliphatic heterocycles. The molecule has 3 nitrogen and oxygen atoms in total. The van der Waals surface area contributed by atoms with Crippen molar-refractivity contribution >= 4 is 5.84 Å². The molecule has 0 bridgehead atoms. The predicted molar refractivity (Wildman–Crippen MR) is 62.4 cm³/mol. The highest BCUT2D eigenvalue weighted by molar-refractivity contribution is 5.95. The Morgan fingerprint density at radius 2 is 2.06 bits per heavy atom. The second kappa shape index (κ2) is 5.49. The quantitative estimate of drug-likeness (QED) is 0.596. The monoisotopic (exact) mass is 224 g/mol. The molecule has 0 aliphatic rings. The number of halogens is 1. The Balaban J connectivity index is 2.86. The average molecular weight is 224 g/mol. The lowest BCUT2D eigenvalue weighted by Crippen LogP contribution is -2.15. The van der Waals surface area contributed by atoms with E-state index in [1.807, 2.05) is 13.8 Å². The molecule has 0 saturated heterocycles. The van der Waals surface area contributed by atoms with Gasteiger partial charge in [0.15, 0.2) is 11.6 Å². The van der Waals surface area contributed by atoms with Gasteiger partial charge in [-0.05, 0) is 31.0 Å². The molecule has 0 spiro atoms. The van der Waals surface area contributed by atoms with Crippen molar-refractivity contribution in [3.05, 3.63) is 29.6 Å². The Morgan fingerprint density at radius 1 is 1.44 bits per heavy atom. The molecule has 3 N–H and O–H groups in total. The SMILES string of the molecule is CCC(CC)Oc1ccc(C(=N)N)cc1F. The van der Waals surface area contributed by atoms with Gasteiger partial charge in [-0.25, -0.2) is 4.39 Å². The van der Waals surface area contributed by atoms with Gasteiger partial charge in [0.25, 0.3) is 0 Å². The zero-order valence-corrected chi connectivity index (χ0v) is 9.59. The Kier molecular flexibility index (Phi) is 4.28. The highest BCUT2D eigenvalue weighted by Gasteiger charge is 2.10. The summed E-state index contributed by atoms with van der Waals surface area (Å²) in [5.41, 5.74) is 5.63. The summed E-state index contributed by atoms with van der Waals surface area (Å²) < 4.78 is 19.1. The lowest BCUT2D eigenvalue weighted by Gasteiger charge is -2.16. The first kappa shape index (κ1) is 12.5. The third-order valence-corrected chi connectivity index (χ3v) is 2.45. The molecule has 0 saturated carbocycles. The second-order valence-corrected chi connectivity index (χ2v) is 3.62. The van der Waals surface area contributed by atoms with Crippen LogP contribution in [0.1, 0.15) is 32.3 Å². The zero-order chi connectivity index (χ0) is 12.1. The number of hydrogen-bond acceptors (Lipinski definition) is 2. The van der Waals surface area contributed by atoms with Crippen LogP contribution in [-0.2, 0) is 0 Å². The number of amidine groups is 1. The molecule has 0 aromatic heterocycles. The van der Waals surface area contributed by atoms with Gasteiger partial charge < -0.3 is 10.5 Å². The highest BCUT2D eigenvalue weighted by Crippen LogP contribution is 2.21. The number of ether oxygens (including phenoxy) is 1. The van der Waals surface area contributed by atoms with E-state index in [-0.39, 0.29) is 17.7 Å². The lowest BCUT2D eigenvalue weighted by molar-refractivity contribution is 0.184. The van der Waals surface area contributed by atoms with Crippen LogP contribution in [-0.4, -0.2) is 11.9 Å². The number of hydrogen-bond donors (Lipinski definition) is 2. The number of benzene rings is 1. The number of rotatable bonds is 5. The van der Waals surface area contributed by atoms with Crippen molar-refractivity contribution in [3.8, 4) is 5.75 Å². The first-order valence-electron chi connectivity index (χ1n) is 5.39. The maximum atomic E-state index is 13.6. The summed E-state index contributed by atoms with van der Waals surface area (Å²) in [6.07, 6.45) is 1.70. The van der Waals surface area contributed by atoms with Crippen LogP contribution in [0.2, 0.25) is 0 Å². The van der Waals surface area contributed by atoms with Crippen molar-refractivity contribution in [2.45, 2.75) is 32.8 Å². The summed E-state index contributed by atoms with van der Waals surface area (Å²) in [4.78, 5) is 0. The van der Waals surface area contributed by atoms with Crippen molar-refractivity contribution in [2.24, 2.45) is 5.73 Å². The molecule has 0 heterocycles. The fraction of sp³-hybridized carbons (Fsp3) is 0.417. The number of nitrogens with one attached hydrogen (secondary N) is 1. The van der Waals surface area contributed by atoms with Gasteiger partial charge in [-0.2, -0.15) is 0 Å². The number of nitrogen functional groups attached to an aromatic ring is 1. The van der Waals surface area contributed by atoms with Gasteiger partial charge in [0, 0.05) is 5.56 Å². The van der Waals surface area contributed by atoms with Crippen molar-refractivity contribution in [1.29, 1.82) is 5.41 Å². The Bertz CT molecular complexity index is 375. The van der Waals surface area contributed by atoms with E-state index in [9.17, 15) is 4.39 Å². The maximum Gasteiger partial charge on any atom is 0.165 e. The molecule has 16 heavy (non-hydrogen) atoms. The van der Waals surface area contributed by atoms with Gasteiger partial charge in [-0.3, -0.25) is 5.41 Å². The van der Waals surface area contributed by atoms with Crippen LogP contribution in [0.5, 0.6) is 5.75 Å². The van der Waals surface area contributed by atoms with Crippen molar-refractivity contribution < 1.29 is 9.13 Å². The van der Waals surface area contributed by atoms with Crippen molar-refractivity contribution in [2.75, 3.05) is 0 Å². The second-order valence-electron chi connectivity index (χ2n) is 3.62. The van der Waals surface area contributed by atoms with Crippen LogP contribution in [0.25, 0.3) is 0 Å². The van der Waals surface area contributed by atoms with Gasteiger partial charge in [0.1, 0.15) is 5.84 Å². The fourth-order valence-corrected chi connectivity index (χ4v) is 1.40. The van der Waals surface area contributed by atoms with E-state index in [4.69, 9.17) is 15.9 Å². The molecule has 0 amide bonds. The van der Waals surface area contributed by atoms with Crippen LogP contribution in [0, 0.1) is 11.2 Å². The van der Waals surface area contributed by atoms with Crippen LogP contribution in [0.4, 0.5) is 4.39 Å². The molecule has 88 valence electrons. The number of nitrogens with two attached hydrogens (primary N) is 1. The van der Waals surface area contributed by atoms with E-state index in [0.717, 1.165) is 12.8 Å². The molecule has 1 aromatic carbocycles. The molecule has 1 rings (SSSR count). The van der Waals surface area contributed by atoms with Crippen molar-refractivity contribution in [3.63, 3.8) is 0 Å². The van der Waals surface area contributed by atoms with E-state index in [0.29, 0.717) is 5.56 Å². The Hall–Kier alpha value is -1.58. The largest absolute Gasteiger partial charge is 0.487 e. The zero-order valence-electron chi connectivity index (χ0n) is 9.59. The molecule has 0 aliphatic carbocycles. The predicted octanol–water partition coefficient (Wildman–Crippen LogP) is 2.68. The third-order valence-electron chi connectivity index (χ3n) is 2.45. The first-order valence-corrected chi connectivity index (χ1v) is 5.39. The lowest BCUT2D eigenvalue weighted by atomic mass is 10.2. The molecule has 0 atom stereocenters. The molecule has 0 radical (unpaired) electrons. The standard InChI is InChI=1S/C12H17FN2O/c1-3-9(4-2)16-11-6-5-8(12(14)15)7-10(11)13/h5-7,9H,3-4H2,1-2H3,(H3,14,15). The Morgan fingerprint density at radius 3 is 2.50 bits per heavy atom. The smallest absolute Gasteiger partial charge is 0.165 e. The molecule has 0 fully saturated rings. The minimum Gasteiger partial charge on any atom is -0.487 e. The Labute approximate surface area is 94.9 Å². The summed E-state index contributed by atoms with van der Waals surface area (Å²) in [6, 6.07) is 4.33. The van der Waals surface area contributed by atoms with Crippen LogP contribution in [0.3, 0.4) is 0 Å². The van der Waals surface area contributed by atoms with E-state index < -0.39 is 5.82 Å². The van der Waals surface area contributed by atoms with Crippen molar-refractivity contribution in [1.82, 2.24) is 0 Å². The van der Waals surface area contributed by atoms with Crippen LogP contribution < -0.4 is 10.5 Å². The minimum atomic E-state index is -0.473. The van der Waals surface area contributed by atoms with E-state index >= 15 is 0 Å². The van der Waals surface area contributed by atoms with Gasteiger partial charge in [0.2, 0.25) is 0 Å². The van der Waals surface area contributed by atoms with Gasteiger partial charge >= 0.3 is 0 Å². The molecular weight excluding hydrogens is 207 g/mol. The molecule has 1 aromatic rings. The summed E-state index contributed by atoms with van der Waals surface area (Å²) in [6.45, 7) is 3.99. The molecule has 4 heteroatoms. The van der Waals surface area contributed by atoms with E-state index in [1.165, 1.54) is 12.1 Å². The third kappa shape index (κ3) is 2.95. The topological polar surface area (TPSA) is 59.1 Å². The van der Waals surface area contributed by atoms with Crippen LogP contribution >= 0.6 is 0 Å². The summed E-state index contributed by atoms with van der Waals surface area (Å²) in [7, 11) is 0. The van der Waals surface area contributed by atoms with Gasteiger partial charge in [-0.15, -0.1) is 0 Å². The normalized spacial score (nSPS) is 10.5. The van der Waals surface area contributed by atoms with E-state index in [2.05, 4.69) is 0 Å². The molecule has 0 unspecified atom stereocenters. The first-order chi connectivity index (χ1) is 7.58. The van der Waals surface area contributed by atoms with Crippen LogP contribution in [0.15, 0.2) is 18.2 Å². The summed E-state index contributed by atoms with van der Waals surface area (Å²) >= 11 is 0. The average Bonchev–Trinajstić information content (AvgIpc) is 2.27. The summed E-state index contributed by atoms with van der Waals surface area (Å²) in [5, 5.41) is 7.19. The minimum absolute atomic E-state index is 0.0256. The van der Waals surface area contributed by atoms with Gasteiger partial charge in [-0.1, -0.05) is 13.8 Å². The molecular formula is C12H17FN2O. The summed E-state index contributed by atoms with van der Waals surface area (Å²) in [5.74, 6) is -0.397. The maximum absolute atomic E-state index is 13.6. The van der Waals surface area contributed by atoms with Gasteiger partial charge in [0.05, 0.1) is 6.10 Å². The fourth-order valence-electron chi connectivity index (χ4n) is 1.40. The highest BCUT2D eigenvalue weighted by atomic mass is 19.1. The van der Waals surface area contributed by atoms with E-state index in [1.54, 1.807) is 6.07 Å².